The zero-order chi connectivity index (χ0) is 14.8. The molecule has 0 saturated carbocycles. The SMILES string of the molecule is COc1cc(F)ccc1Nc1nc(N)nc2ccccc12. The third-order valence-corrected chi connectivity index (χ3v) is 3.04. The van der Waals surface area contributed by atoms with Crippen molar-refractivity contribution < 1.29 is 9.13 Å². The molecular formula is C15H13FN4O. The van der Waals surface area contributed by atoms with Crippen LogP contribution in [0.3, 0.4) is 0 Å². The summed E-state index contributed by atoms with van der Waals surface area (Å²) < 4.78 is 18.4. The highest BCUT2D eigenvalue weighted by Gasteiger charge is 2.09. The highest BCUT2D eigenvalue weighted by Crippen LogP contribution is 2.30. The largest absolute Gasteiger partial charge is 0.494 e. The van der Waals surface area contributed by atoms with Gasteiger partial charge in [-0.2, -0.15) is 4.98 Å². The topological polar surface area (TPSA) is 73.1 Å². The molecule has 0 aliphatic carbocycles. The van der Waals surface area contributed by atoms with Crippen LogP contribution in [0.5, 0.6) is 5.75 Å². The minimum atomic E-state index is -0.371. The lowest BCUT2D eigenvalue weighted by atomic mass is 10.2. The minimum Gasteiger partial charge on any atom is -0.494 e. The molecule has 0 aliphatic rings. The Balaban J connectivity index is 2.10. The van der Waals surface area contributed by atoms with Gasteiger partial charge in [0.25, 0.3) is 0 Å². The van der Waals surface area contributed by atoms with Gasteiger partial charge in [-0.1, -0.05) is 12.1 Å². The molecule has 0 radical (unpaired) electrons. The van der Waals surface area contributed by atoms with Crippen LogP contribution in [-0.4, -0.2) is 17.1 Å². The molecule has 21 heavy (non-hydrogen) atoms. The number of hydrogen-bond acceptors (Lipinski definition) is 5. The first-order valence-electron chi connectivity index (χ1n) is 6.30. The molecule has 5 nitrogen and oxygen atoms in total. The van der Waals surface area contributed by atoms with E-state index in [9.17, 15) is 4.39 Å². The standard InChI is InChI=1S/C15H13FN4O/c1-21-13-8-9(16)6-7-12(13)18-14-10-4-2-3-5-11(10)19-15(17)20-14/h2-8H,1H3,(H3,17,18,19,20). The second-order valence-electron chi connectivity index (χ2n) is 4.42. The van der Waals surface area contributed by atoms with Crippen molar-refractivity contribution in [1.82, 2.24) is 9.97 Å². The van der Waals surface area contributed by atoms with Crippen LogP contribution in [0.1, 0.15) is 0 Å². The Bertz CT molecular complexity index is 807. The first-order chi connectivity index (χ1) is 10.2. The number of rotatable bonds is 3. The van der Waals surface area contributed by atoms with E-state index in [-0.39, 0.29) is 11.8 Å². The Hall–Kier alpha value is -2.89. The number of ether oxygens (including phenoxy) is 1. The van der Waals surface area contributed by atoms with Crippen LogP contribution in [0.2, 0.25) is 0 Å². The van der Waals surface area contributed by atoms with E-state index < -0.39 is 0 Å². The van der Waals surface area contributed by atoms with E-state index in [0.717, 1.165) is 10.9 Å². The minimum absolute atomic E-state index is 0.164. The molecule has 0 amide bonds. The molecule has 106 valence electrons. The summed E-state index contributed by atoms with van der Waals surface area (Å²) in [5.41, 5.74) is 7.05. The summed E-state index contributed by atoms with van der Waals surface area (Å²) in [4.78, 5) is 8.37. The maximum absolute atomic E-state index is 13.2. The monoisotopic (exact) mass is 284 g/mol. The number of nitrogens with one attached hydrogen (secondary N) is 1. The molecule has 3 aromatic rings. The number of aromatic nitrogens is 2. The molecule has 0 aliphatic heterocycles. The van der Waals surface area contributed by atoms with E-state index in [4.69, 9.17) is 10.5 Å². The Morgan fingerprint density at radius 2 is 1.95 bits per heavy atom. The van der Waals surface area contributed by atoms with Gasteiger partial charge in [0, 0.05) is 11.5 Å². The Kier molecular flexibility index (Phi) is 3.27. The second-order valence-corrected chi connectivity index (χ2v) is 4.42. The summed E-state index contributed by atoms with van der Waals surface area (Å²) in [6.45, 7) is 0. The molecule has 1 heterocycles. The van der Waals surface area contributed by atoms with Gasteiger partial charge in [0.1, 0.15) is 17.4 Å². The van der Waals surface area contributed by atoms with Gasteiger partial charge >= 0.3 is 0 Å². The first-order valence-corrected chi connectivity index (χ1v) is 6.30. The molecule has 6 heteroatoms. The van der Waals surface area contributed by atoms with Crippen LogP contribution in [-0.2, 0) is 0 Å². The van der Waals surface area contributed by atoms with Crippen LogP contribution in [0, 0.1) is 5.82 Å². The van der Waals surface area contributed by atoms with Crippen molar-refractivity contribution in [2.75, 3.05) is 18.2 Å². The van der Waals surface area contributed by atoms with Gasteiger partial charge in [-0.3, -0.25) is 0 Å². The Labute approximate surface area is 120 Å². The summed E-state index contributed by atoms with van der Waals surface area (Å²) in [7, 11) is 1.48. The van der Waals surface area contributed by atoms with E-state index in [0.29, 0.717) is 17.3 Å². The number of nitrogen functional groups attached to an aromatic ring is 1. The van der Waals surface area contributed by atoms with Crippen LogP contribution < -0.4 is 15.8 Å². The number of benzene rings is 2. The average Bonchev–Trinajstić information content (AvgIpc) is 2.48. The quantitative estimate of drug-likeness (QED) is 0.773. The van der Waals surface area contributed by atoms with Crippen molar-refractivity contribution in [2.45, 2.75) is 0 Å². The van der Waals surface area contributed by atoms with Crippen molar-refractivity contribution in [2.24, 2.45) is 0 Å². The molecule has 0 saturated heterocycles. The van der Waals surface area contributed by atoms with Gasteiger partial charge in [0.15, 0.2) is 0 Å². The molecule has 3 N–H and O–H groups in total. The van der Waals surface area contributed by atoms with Gasteiger partial charge in [-0.15, -0.1) is 0 Å². The summed E-state index contributed by atoms with van der Waals surface area (Å²) in [5, 5.41) is 3.93. The van der Waals surface area contributed by atoms with Gasteiger partial charge in [0.05, 0.1) is 18.3 Å². The predicted molar refractivity (Wildman–Crippen MR) is 80.2 cm³/mol. The Morgan fingerprint density at radius 3 is 2.76 bits per heavy atom. The first kappa shape index (κ1) is 13.1. The number of nitrogens with zero attached hydrogens (tertiary/aromatic N) is 2. The second kappa shape index (κ2) is 5.24. The molecule has 3 rings (SSSR count). The molecule has 0 spiro atoms. The molecule has 0 fully saturated rings. The summed E-state index contributed by atoms with van der Waals surface area (Å²) >= 11 is 0. The third kappa shape index (κ3) is 2.55. The normalized spacial score (nSPS) is 10.6. The van der Waals surface area contributed by atoms with Crippen molar-refractivity contribution in [3.63, 3.8) is 0 Å². The number of fused-ring (bicyclic) bond motifs is 1. The van der Waals surface area contributed by atoms with E-state index in [2.05, 4.69) is 15.3 Å². The number of nitrogens with two attached hydrogens (primary N) is 1. The highest BCUT2D eigenvalue weighted by molar-refractivity contribution is 5.92. The smallest absolute Gasteiger partial charge is 0.222 e. The van der Waals surface area contributed by atoms with Crippen molar-refractivity contribution in [3.05, 3.63) is 48.3 Å². The fourth-order valence-electron chi connectivity index (χ4n) is 2.09. The zero-order valence-corrected chi connectivity index (χ0v) is 11.3. The van der Waals surface area contributed by atoms with Crippen molar-refractivity contribution >= 4 is 28.4 Å². The van der Waals surface area contributed by atoms with Crippen LogP contribution in [0.4, 0.5) is 21.8 Å². The molecule has 2 aromatic carbocycles. The lowest BCUT2D eigenvalue weighted by Crippen LogP contribution is -2.02. The molecular weight excluding hydrogens is 271 g/mol. The van der Waals surface area contributed by atoms with Crippen molar-refractivity contribution in [3.8, 4) is 5.75 Å². The van der Waals surface area contributed by atoms with Gasteiger partial charge in [-0.05, 0) is 24.3 Å². The van der Waals surface area contributed by atoms with E-state index in [1.165, 1.54) is 19.2 Å². The van der Waals surface area contributed by atoms with Crippen LogP contribution in [0.15, 0.2) is 42.5 Å². The van der Waals surface area contributed by atoms with Gasteiger partial charge in [0.2, 0.25) is 5.95 Å². The number of halogens is 1. The zero-order valence-electron chi connectivity index (χ0n) is 11.3. The number of anilines is 3. The third-order valence-electron chi connectivity index (χ3n) is 3.04. The molecule has 0 unspecified atom stereocenters. The number of para-hydroxylation sites is 1. The van der Waals surface area contributed by atoms with E-state index >= 15 is 0 Å². The summed E-state index contributed by atoms with van der Waals surface area (Å²) in [5.74, 6) is 0.723. The fraction of sp³-hybridized carbons (Fsp3) is 0.0667. The number of methoxy groups -OCH3 is 1. The molecule has 0 bridgehead atoms. The predicted octanol–water partition coefficient (Wildman–Crippen LogP) is 3.10. The van der Waals surface area contributed by atoms with Crippen LogP contribution in [0.25, 0.3) is 10.9 Å². The summed E-state index contributed by atoms with van der Waals surface area (Å²) in [6, 6.07) is 11.7. The Morgan fingerprint density at radius 1 is 1.14 bits per heavy atom. The maximum atomic E-state index is 13.2. The summed E-state index contributed by atoms with van der Waals surface area (Å²) in [6.07, 6.45) is 0. The van der Waals surface area contributed by atoms with E-state index in [1.54, 1.807) is 6.07 Å². The lowest BCUT2D eigenvalue weighted by molar-refractivity contribution is 0.413. The maximum Gasteiger partial charge on any atom is 0.222 e. The average molecular weight is 284 g/mol. The van der Waals surface area contributed by atoms with Crippen LogP contribution >= 0.6 is 0 Å². The molecule has 1 aromatic heterocycles. The van der Waals surface area contributed by atoms with Gasteiger partial charge < -0.3 is 15.8 Å². The van der Waals surface area contributed by atoms with Crippen molar-refractivity contribution in [1.29, 1.82) is 0 Å². The fourth-order valence-corrected chi connectivity index (χ4v) is 2.09. The molecule has 0 atom stereocenters. The van der Waals surface area contributed by atoms with Gasteiger partial charge in [-0.25, -0.2) is 9.37 Å². The number of hydrogen-bond donors (Lipinski definition) is 2. The highest BCUT2D eigenvalue weighted by atomic mass is 19.1. The van der Waals surface area contributed by atoms with E-state index in [1.807, 2.05) is 24.3 Å². The lowest BCUT2D eigenvalue weighted by Gasteiger charge is -2.12.